The van der Waals surface area contributed by atoms with Crippen molar-refractivity contribution in [2.45, 2.75) is 31.3 Å². The molecule has 20 heavy (non-hydrogen) atoms. The van der Waals surface area contributed by atoms with Gasteiger partial charge in [-0.25, -0.2) is 0 Å². The van der Waals surface area contributed by atoms with Gasteiger partial charge in [-0.15, -0.1) is 0 Å². The van der Waals surface area contributed by atoms with Gasteiger partial charge in [-0.3, -0.25) is 0 Å². The molecule has 1 aliphatic rings. The van der Waals surface area contributed by atoms with E-state index in [1.165, 1.54) is 24.8 Å². The zero-order valence-corrected chi connectivity index (χ0v) is 13.4. The van der Waals surface area contributed by atoms with E-state index in [1.807, 2.05) is 30.3 Å². The van der Waals surface area contributed by atoms with Crippen LogP contribution in [0.5, 0.6) is 0 Å². The fraction of sp³-hybridized carbons (Fsp3) is 0.294. The summed E-state index contributed by atoms with van der Waals surface area (Å²) in [5, 5.41) is 11.2. The monoisotopic (exact) mass is 350 g/mol. The highest BCUT2D eigenvalue weighted by Gasteiger charge is 2.21. The fourth-order valence-corrected chi connectivity index (χ4v) is 3.25. The summed E-state index contributed by atoms with van der Waals surface area (Å²) in [6, 6.07) is 13.9. The highest BCUT2D eigenvalue weighted by atomic mass is 79.9. The van der Waals surface area contributed by atoms with Gasteiger partial charge in [0.15, 0.2) is 0 Å². The second-order valence-corrected chi connectivity index (χ2v) is 6.58. The molecule has 0 radical (unpaired) electrons. The lowest BCUT2D eigenvalue weighted by atomic mass is 9.79. The minimum Gasteiger partial charge on any atom is -0.384 e. The Bertz CT molecular complexity index is 622. The number of halogens is 2. The molecule has 1 saturated carbocycles. The average Bonchev–Trinajstić information content (AvgIpc) is 2.40. The molecule has 0 bridgehead atoms. The van der Waals surface area contributed by atoms with Gasteiger partial charge in [0.25, 0.3) is 0 Å². The maximum Gasteiger partial charge on any atom is 0.106 e. The standard InChI is InChI=1S/C17H16BrClO/c18-15-9-3-8-14(16(15)19)17(20)13-7-2-6-12(10-13)11-4-1-5-11/h2-3,6-11,17,20H,1,4-5H2. The Kier molecular flexibility index (Phi) is 4.16. The maximum atomic E-state index is 10.6. The van der Waals surface area contributed by atoms with Crippen LogP contribution >= 0.6 is 27.5 Å². The summed E-state index contributed by atoms with van der Waals surface area (Å²) in [4.78, 5) is 0. The summed E-state index contributed by atoms with van der Waals surface area (Å²) < 4.78 is 0.811. The van der Waals surface area contributed by atoms with Crippen LogP contribution in [0.4, 0.5) is 0 Å². The molecular formula is C17H16BrClO. The summed E-state index contributed by atoms with van der Waals surface area (Å²) in [6.07, 6.45) is 3.16. The molecule has 0 aliphatic heterocycles. The van der Waals surface area contributed by atoms with Gasteiger partial charge in [0, 0.05) is 10.0 Å². The summed E-state index contributed by atoms with van der Waals surface area (Å²) in [5.74, 6) is 0.667. The molecule has 3 rings (SSSR count). The average molecular weight is 352 g/mol. The van der Waals surface area contributed by atoms with E-state index in [0.717, 1.165) is 15.6 Å². The van der Waals surface area contributed by atoms with Gasteiger partial charge in [0.05, 0.1) is 5.02 Å². The van der Waals surface area contributed by atoms with Crippen LogP contribution < -0.4 is 0 Å². The number of hydrogen-bond donors (Lipinski definition) is 1. The van der Waals surface area contributed by atoms with Crippen LogP contribution in [0.3, 0.4) is 0 Å². The lowest BCUT2D eigenvalue weighted by molar-refractivity contribution is 0.220. The van der Waals surface area contributed by atoms with Crippen molar-refractivity contribution >= 4 is 27.5 Å². The molecule has 0 saturated heterocycles. The third-order valence-corrected chi connectivity index (χ3v) is 5.39. The van der Waals surface area contributed by atoms with Gasteiger partial charge in [-0.2, -0.15) is 0 Å². The van der Waals surface area contributed by atoms with E-state index in [0.29, 0.717) is 10.9 Å². The molecule has 104 valence electrons. The lowest BCUT2D eigenvalue weighted by Gasteiger charge is -2.26. The predicted molar refractivity (Wildman–Crippen MR) is 86.2 cm³/mol. The molecule has 0 spiro atoms. The van der Waals surface area contributed by atoms with Gasteiger partial charge >= 0.3 is 0 Å². The van der Waals surface area contributed by atoms with E-state index in [4.69, 9.17) is 11.6 Å². The smallest absolute Gasteiger partial charge is 0.106 e. The van der Waals surface area contributed by atoms with Crippen LogP contribution in [-0.2, 0) is 0 Å². The van der Waals surface area contributed by atoms with Crippen molar-refractivity contribution in [3.63, 3.8) is 0 Å². The van der Waals surface area contributed by atoms with Gasteiger partial charge in [0.1, 0.15) is 6.10 Å². The molecule has 1 nitrogen and oxygen atoms in total. The highest BCUT2D eigenvalue weighted by molar-refractivity contribution is 9.10. The molecule has 2 aromatic carbocycles. The van der Waals surface area contributed by atoms with Gasteiger partial charge < -0.3 is 5.11 Å². The molecule has 0 heterocycles. The molecule has 1 N–H and O–H groups in total. The number of benzene rings is 2. The van der Waals surface area contributed by atoms with E-state index in [2.05, 4.69) is 28.1 Å². The minimum atomic E-state index is -0.681. The van der Waals surface area contributed by atoms with Crippen molar-refractivity contribution in [1.82, 2.24) is 0 Å². The minimum absolute atomic E-state index is 0.578. The first-order valence-electron chi connectivity index (χ1n) is 6.88. The second kappa shape index (κ2) is 5.88. The van der Waals surface area contributed by atoms with E-state index in [9.17, 15) is 5.11 Å². The molecule has 0 amide bonds. The van der Waals surface area contributed by atoms with Crippen molar-refractivity contribution in [2.24, 2.45) is 0 Å². The third-order valence-electron chi connectivity index (χ3n) is 4.08. The summed E-state index contributed by atoms with van der Waals surface area (Å²) >= 11 is 9.67. The Balaban J connectivity index is 1.93. The molecule has 3 heteroatoms. The van der Waals surface area contributed by atoms with Crippen LogP contribution in [0.15, 0.2) is 46.9 Å². The number of rotatable bonds is 3. The van der Waals surface area contributed by atoms with Crippen LogP contribution in [0.2, 0.25) is 5.02 Å². The Labute approximate surface area is 132 Å². The van der Waals surface area contributed by atoms with Crippen molar-refractivity contribution in [2.75, 3.05) is 0 Å². The van der Waals surface area contributed by atoms with E-state index < -0.39 is 6.10 Å². The van der Waals surface area contributed by atoms with E-state index >= 15 is 0 Å². The summed E-state index contributed by atoms with van der Waals surface area (Å²) in [6.45, 7) is 0. The zero-order valence-electron chi connectivity index (χ0n) is 11.0. The first-order valence-corrected chi connectivity index (χ1v) is 8.06. The molecule has 0 aromatic heterocycles. The fourth-order valence-electron chi connectivity index (χ4n) is 2.64. The lowest BCUT2D eigenvalue weighted by Crippen LogP contribution is -2.09. The van der Waals surface area contributed by atoms with E-state index in [-0.39, 0.29) is 0 Å². The second-order valence-electron chi connectivity index (χ2n) is 5.34. The molecule has 2 aromatic rings. The first kappa shape index (κ1) is 14.1. The van der Waals surface area contributed by atoms with Crippen molar-refractivity contribution in [3.05, 3.63) is 68.7 Å². The van der Waals surface area contributed by atoms with Gasteiger partial charge in [-0.1, -0.05) is 54.4 Å². The molecule has 1 aliphatic carbocycles. The molecule has 1 unspecified atom stereocenters. The molecule has 1 fully saturated rings. The Morgan fingerprint density at radius 3 is 2.60 bits per heavy atom. The van der Waals surface area contributed by atoms with Crippen LogP contribution in [0.25, 0.3) is 0 Å². The number of aliphatic hydroxyl groups is 1. The number of aliphatic hydroxyl groups excluding tert-OH is 1. The highest BCUT2D eigenvalue weighted by Crippen LogP contribution is 2.38. The topological polar surface area (TPSA) is 20.2 Å². The zero-order chi connectivity index (χ0) is 14.1. The SMILES string of the molecule is OC(c1cccc(C2CCC2)c1)c1cccc(Br)c1Cl. The largest absolute Gasteiger partial charge is 0.384 e. The predicted octanol–water partition coefficient (Wildman–Crippen LogP) is 5.45. The van der Waals surface area contributed by atoms with Gasteiger partial charge in [-0.05, 0) is 51.9 Å². The maximum absolute atomic E-state index is 10.6. The van der Waals surface area contributed by atoms with E-state index in [1.54, 1.807) is 0 Å². The van der Waals surface area contributed by atoms with Gasteiger partial charge in [0.2, 0.25) is 0 Å². The Morgan fingerprint density at radius 1 is 1.15 bits per heavy atom. The normalized spacial score (nSPS) is 16.8. The van der Waals surface area contributed by atoms with Crippen molar-refractivity contribution in [3.8, 4) is 0 Å². The quantitative estimate of drug-likeness (QED) is 0.779. The van der Waals surface area contributed by atoms with Crippen molar-refractivity contribution in [1.29, 1.82) is 0 Å². The Hall–Kier alpha value is -0.830. The van der Waals surface area contributed by atoms with Crippen LogP contribution in [0.1, 0.15) is 48.0 Å². The summed E-state index contributed by atoms with van der Waals surface area (Å²) in [5.41, 5.74) is 2.99. The Morgan fingerprint density at radius 2 is 1.90 bits per heavy atom. The number of hydrogen-bond acceptors (Lipinski definition) is 1. The van der Waals surface area contributed by atoms with Crippen LogP contribution in [-0.4, -0.2) is 5.11 Å². The first-order chi connectivity index (χ1) is 9.66. The molecular weight excluding hydrogens is 336 g/mol. The summed E-state index contributed by atoms with van der Waals surface area (Å²) in [7, 11) is 0. The third kappa shape index (κ3) is 2.65. The van der Waals surface area contributed by atoms with Crippen molar-refractivity contribution < 1.29 is 5.11 Å². The molecule has 1 atom stereocenters. The van der Waals surface area contributed by atoms with Crippen LogP contribution in [0, 0.1) is 0 Å².